The van der Waals surface area contributed by atoms with Gasteiger partial charge in [0.2, 0.25) is 0 Å². The summed E-state index contributed by atoms with van der Waals surface area (Å²) in [7, 11) is 0. The number of likely N-dealkylation sites (tertiary alicyclic amines) is 1. The Kier molecular flexibility index (Phi) is 4.32. The molecule has 1 atom stereocenters. The molecule has 0 amide bonds. The average Bonchev–Trinajstić information content (AvgIpc) is 2.42. The average molecular weight is 231 g/mol. The maximum absolute atomic E-state index is 12.4. The minimum atomic E-state index is 0.0812. The SMILES string of the molecule is CC[C@@H](C(=O)c1ccccc1)N1CCCCC1. The summed E-state index contributed by atoms with van der Waals surface area (Å²) >= 11 is 0. The van der Waals surface area contributed by atoms with Crippen molar-refractivity contribution in [3.8, 4) is 0 Å². The highest BCUT2D eigenvalue weighted by molar-refractivity contribution is 6.00. The van der Waals surface area contributed by atoms with Crippen LogP contribution in [0.15, 0.2) is 30.3 Å². The van der Waals surface area contributed by atoms with Gasteiger partial charge in [0.1, 0.15) is 0 Å². The molecule has 0 N–H and O–H groups in total. The first-order valence-electron chi connectivity index (χ1n) is 6.66. The highest BCUT2D eigenvalue weighted by Crippen LogP contribution is 2.17. The number of rotatable bonds is 4. The number of piperidine rings is 1. The number of hydrogen-bond acceptors (Lipinski definition) is 2. The van der Waals surface area contributed by atoms with Gasteiger partial charge in [-0.25, -0.2) is 0 Å². The lowest BCUT2D eigenvalue weighted by Gasteiger charge is -2.33. The monoisotopic (exact) mass is 231 g/mol. The molecule has 1 aliphatic rings. The molecule has 2 rings (SSSR count). The van der Waals surface area contributed by atoms with Gasteiger partial charge in [-0.15, -0.1) is 0 Å². The molecule has 2 nitrogen and oxygen atoms in total. The fourth-order valence-electron chi connectivity index (χ4n) is 2.63. The van der Waals surface area contributed by atoms with E-state index < -0.39 is 0 Å². The molecule has 0 spiro atoms. The molecule has 1 heterocycles. The summed E-state index contributed by atoms with van der Waals surface area (Å²) in [6, 6.07) is 9.77. The summed E-state index contributed by atoms with van der Waals surface area (Å²) in [5.74, 6) is 0.287. The predicted octanol–water partition coefficient (Wildman–Crippen LogP) is 3.13. The van der Waals surface area contributed by atoms with Crippen LogP contribution in [0.2, 0.25) is 0 Å². The summed E-state index contributed by atoms with van der Waals surface area (Å²) in [5, 5.41) is 0. The largest absolute Gasteiger partial charge is 0.293 e. The van der Waals surface area contributed by atoms with Gasteiger partial charge in [0, 0.05) is 5.56 Å². The Morgan fingerprint density at radius 3 is 2.41 bits per heavy atom. The van der Waals surface area contributed by atoms with Crippen LogP contribution in [0.1, 0.15) is 43.0 Å². The van der Waals surface area contributed by atoms with Gasteiger partial charge in [0.05, 0.1) is 6.04 Å². The Balaban J connectivity index is 2.09. The van der Waals surface area contributed by atoms with Gasteiger partial charge in [-0.3, -0.25) is 9.69 Å². The van der Waals surface area contributed by atoms with Crippen LogP contribution >= 0.6 is 0 Å². The van der Waals surface area contributed by atoms with E-state index in [0.29, 0.717) is 0 Å². The molecule has 92 valence electrons. The standard InChI is InChI=1S/C15H21NO/c1-2-14(16-11-7-4-8-12-16)15(17)13-9-5-3-6-10-13/h3,5-6,9-10,14H,2,4,7-8,11-12H2,1H3/t14-/m0/s1. The topological polar surface area (TPSA) is 20.3 Å². The Labute approximate surface area is 104 Å². The molecular formula is C15H21NO. The van der Waals surface area contributed by atoms with Gasteiger partial charge in [-0.2, -0.15) is 0 Å². The lowest BCUT2D eigenvalue weighted by atomic mass is 9.98. The smallest absolute Gasteiger partial charge is 0.179 e. The highest BCUT2D eigenvalue weighted by atomic mass is 16.1. The molecule has 0 aliphatic carbocycles. The number of carbonyl (C=O) groups is 1. The minimum absolute atomic E-state index is 0.0812. The van der Waals surface area contributed by atoms with Crippen LogP contribution in [0.3, 0.4) is 0 Å². The van der Waals surface area contributed by atoms with Crippen LogP contribution in [-0.2, 0) is 0 Å². The number of ketones is 1. The van der Waals surface area contributed by atoms with Crippen LogP contribution in [0.25, 0.3) is 0 Å². The second-order valence-corrected chi connectivity index (χ2v) is 4.75. The van der Waals surface area contributed by atoms with Crippen LogP contribution < -0.4 is 0 Å². The molecule has 1 aromatic rings. The molecule has 1 aromatic carbocycles. The molecule has 0 aromatic heterocycles. The number of nitrogens with zero attached hydrogens (tertiary/aromatic N) is 1. The van der Waals surface area contributed by atoms with E-state index in [1.807, 2.05) is 30.3 Å². The van der Waals surface area contributed by atoms with Crippen molar-refractivity contribution in [1.29, 1.82) is 0 Å². The van der Waals surface area contributed by atoms with E-state index >= 15 is 0 Å². The lowest BCUT2D eigenvalue weighted by Crippen LogP contribution is -2.43. The van der Waals surface area contributed by atoms with Crippen LogP contribution in [0, 0.1) is 0 Å². The third-order valence-electron chi connectivity index (χ3n) is 3.58. The third kappa shape index (κ3) is 2.95. The number of carbonyl (C=O) groups excluding carboxylic acids is 1. The molecule has 0 saturated carbocycles. The number of benzene rings is 1. The highest BCUT2D eigenvalue weighted by Gasteiger charge is 2.25. The zero-order valence-electron chi connectivity index (χ0n) is 10.6. The molecule has 1 fully saturated rings. The lowest BCUT2D eigenvalue weighted by molar-refractivity contribution is 0.0777. The van der Waals surface area contributed by atoms with Crippen LogP contribution in [0.4, 0.5) is 0 Å². The van der Waals surface area contributed by atoms with Crippen molar-refractivity contribution in [2.24, 2.45) is 0 Å². The van der Waals surface area contributed by atoms with Crippen LogP contribution in [-0.4, -0.2) is 29.8 Å². The fourth-order valence-corrected chi connectivity index (χ4v) is 2.63. The fraction of sp³-hybridized carbons (Fsp3) is 0.533. The van der Waals surface area contributed by atoms with E-state index in [0.717, 1.165) is 25.1 Å². The Morgan fingerprint density at radius 1 is 1.18 bits per heavy atom. The summed E-state index contributed by atoms with van der Waals surface area (Å²) in [4.78, 5) is 14.8. The second kappa shape index (κ2) is 5.97. The summed E-state index contributed by atoms with van der Waals surface area (Å²) in [6.07, 6.45) is 4.69. The molecule has 0 unspecified atom stereocenters. The Bertz CT molecular complexity index is 354. The van der Waals surface area contributed by atoms with E-state index in [-0.39, 0.29) is 11.8 Å². The predicted molar refractivity (Wildman–Crippen MR) is 70.3 cm³/mol. The van der Waals surface area contributed by atoms with Gasteiger partial charge in [-0.05, 0) is 32.4 Å². The molecular weight excluding hydrogens is 210 g/mol. The van der Waals surface area contributed by atoms with Gasteiger partial charge < -0.3 is 0 Å². The maximum Gasteiger partial charge on any atom is 0.179 e. The second-order valence-electron chi connectivity index (χ2n) is 4.75. The van der Waals surface area contributed by atoms with Crippen molar-refractivity contribution in [3.63, 3.8) is 0 Å². The van der Waals surface area contributed by atoms with Crippen molar-refractivity contribution < 1.29 is 4.79 Å². The Morgan fingerprint density at radius 2 is 1.82 bits per heavy atom. The van der Waals surface area contributed by atoms with Crippen molar-refractivity contribution >= 4 is 5.78 Å². The molecule has 0 bridgehead atoms. The van der Waals surface area contributed by atoms with Crippen molar-refractivity contribution in [1.82, 2.24) is 4.90 Å². The molecule has 17 heavy (non-hydrogen) atoms. The molecule has 2 heteroatoms. The zero-order chi connectivity index (χ0) is 12.1. The first kappa shape index (κ1) is 12.3. The molecule has 1 saturated heterocycles. The van der Waals surface area contributed by atoms with Gasteiger partial charge in [0.15, 0.2) is 5.78 Å². The van der Waals surface area contributed by atoms with Gasteiger partial charge in [-0.1, -0.05) is 43.7 Å². The number of Topliss-reactive ketones (excluding diaryl/α,β-unsaturated/α-hetero) is 1. The van der Waals surface area contributed by atoms with Gasteiger partial charge in [0.25, 0.3) is 0 Å². The van der Waals surface area contributed by atoms with E-state index in [9.17, 15) is 4.79 Å². The summed E-state index contributed by atoms with van der Waals surface area (Å²) in [6.45, 7) is 4.27. The first-order valence-corrected chi connectivity index (χ1v) is 6.66. The normalized spacial score (nSPS) is 18.9. The summed E-state index contributed by atoms with van der Waals surface area (Å²) < 4.78 is 0. The first-order chi connectivity index (χ1) is 8.33. The zero-order valence-corrected chi connectivity index (χ0v) is 10.6. The van der Waals surface area contributed by atoms with E-state index in [4.69, 9.17) is 0 Å². The Hall–Kier alpha value is -1.15. The van der Waals surface area contributed by atoms with Gasteiger partial charge >= 0.3 is 0 Å². The molecule has 0 radical (unpaired) electrons. The van der Waals surface area contributed by atoms with E-state index in [2.05, 4.69) is 11.8 Å². The van der Waals surface area contributed by atoms with Crippen molar-refractivity contribution in [2.75, 3.05) is 13.1 Å². The molecule has 1 aliphatic heterocycles. The van der Waals surface area contributed by atoms with E-state index in [1.165, 1.54) is 19.3 Å². The number of hydrogen-bond donors (Lipinski definition) is 0. The van der Waals surface area contributed by atoms with Crippen molar-refractivity contribution in [2.45, 2.75) is 38.6 Å². The summed E-state index contributed by atoms with van der Waals surface area (Å²) in [5.41, 5.74) is 0.852. The minimum Gasteiger partial charge on any atom is -0.293 e. The maximum atomic E-state index is 12.4. The van der Waals surface area contributed by atoms with Crippen molar-refractivity contribution in [3.05, 3.63) is 35.9 Å². The van der Waals surface area contributed by atoms with E-state index in [1.54, 1.807) is 0 Å². The third-order valence-corrected chi connectivity index (χ3v) is 3.58. The quantitative estimate of drug-likeness (QED) is 0.742. The van der Waals surface area contributed by atoms with Crippen LogP contribution in [0.5, 0.6) is 0 Å².